The van der Waals surface area contributed by atoms with Crippen LogP contribution in [0.3, 0.4) is 0 Å². The maximum atomic E-state index is 11.8. The lowest BCUT2D eigenvalue weighted by molar-refractivity contribution is -0.120. The van der Waals surface area contributed by atoms with Gasteiger partial charge in [0.1, 0.15) is 0 Å². The van der Waals surface area contributed by atoms with Crippen molar-refractivity contribution in [3.8, 4) is 11.1 Å². The van der Waals surface area contributed by atoms with E-state index in [1.165, 1.54) is 16.7 Å². The van der Waals surface area contributed by atoms with Gasteiger partial charge in [-0.2, -0.15) is 0 Å². The zero-order valence-electron chi connectivity index (χ0n) is 13.8. The van der Waals surface area contributed by atoms with Crippen molar-refractivity contribution < 1.29 is 9.53 Å². The van der Waals surface area contributed by atoms with Crippen LogP contribution in [0.15, 0.2) is 48.5 Å². The van der Waals surface area contributed by atoms with Crippen molar-refractivity contribution in [2.45, 2.75) is 13.5 Å². The molecule has 0 aliphatic heterocycles. The normalized spacial score (nSPS) is 10.5. The molecule has 2 aromatic carbocycles. The summed E-state index contributed by atoms with van der Waals surface area (Å²) in [5.74, 6) is -0.0120. The first-order valence-electron chi connectivity index (χ1n) is 7.81. The molecule has 4 heteroatoms. The molecule has 0 bridgehead atoms. The van der Waals surface area contributed by atoms with Crippen molar-refractivity contribution in [2.75, 3.05) is 26.8 Å². The van der Waals surface area contributed by atoms with E-state index in [0.717, 1.165) is 5.56 Å². The fraction of sp³-hybridized carbons (Fsp3) is 0.316. The van der Waals surface area contributed by atoms with Crippen LogP contribution in [0.25, 0.3) is 11.1 Å². The maximum Gasteiger partial charge on any atom is 0.234 e. The van der Waals surface area contributed by atoms with Gasteiger partial charge < -0.3 is 15.4 Å². The largest absolute Gasteiger partial charge is 0.383 e. The van der Waals surface area contributed by atoms with Gasteiger partial charge in [0.05, 0.1) is 13.2 Å². The minimum absolute atomic E-state index is 0.0120. The van der Waals surface area contributed by atoms with Crippen LogP contribution < -0.4 is 10.6 Å². The molecule has 2 rings (SSSR count). The third-order valence-corrected chi connectivity index (χ3v) is 3.54. The van der Waals surface area contributed by atoms with E-state index in [9.17, 15) is 4.79 Å². The van der Waals surface area contributed by atoms with Crippen LogP contribution >= 0.6 is 0 Å². The van der Waals surface area contributed by atoms with Crippen LogP contribution in [0.2, 0.25) is 0 Å². The summed E-state index contributed by atoms with van der Waals surface area (Å²) in [6.07, 6.45) is 0. The number of methoxy groups -OCH3 is 1. The number of hydrogen-bond acceptors (Lipinski definition) is 3. The first-order chi connectivity index (χ1) is 11.2. The number of nitrogens with one attached hydrogen (secondary N) is 2. The molecule has 0 saturated carbocycles. The quantitative estimate of drug-likeness (QED) is 0.737. The molecule has 0 aliphatic rings. The predicted molar refractivity (Wildman–Crippen MR) is 93.2 cm³/mol. The van der Waals surface area contributed by atoms with Crippen LogP contribution in [0.1, 0.15) is 11.1 Å². The molecule has 2 N–H and O–H groups in total. The number of carbonyl (C=O) groups excluding carboxylic acids is 1. The molecule has 0 unspecified atom stereocenters. The number of benzene rings is 2. The van der Waals surface area contributed by atoms with Gasteiger partial charge in [0.25, 0.3) is 0 Å². The maximum absolute atomic E-state index is 11.8. The molecule has 0 aliphatic carbocycles. The Bertz CT molecular complexity index is 641. The average Bonchev–Trinajstić information content (AvgIpc) is 2.57. The van der Waals surface area contributed by atoms with E-state index in [-0.39, 0.29) is 5.91 Å². The molecular formula is C19H24N2O2. The zero-order chi connectivity index (χ0) is 16.5. The van der Waals surface area contributed by atoms with Gasteiger partial charge in [-0.1, -0.05) is 48.0 Å². The molecule has 0 saturated heterocycles. The van der Waals surface area contributed by atoms with Crippen LogP contribution in [0.4, 0.5) is 0 Å². The third kappa shape index (κ3) is 5.85. The number of rotatable bonds is 8. The molecule has 0 radical (unpaired) electrons. The van der Waals surface area contributed by atoms with Crippen LogP contribution in [-0.4, -0.2) is 32.7 Å². The number of carbonyl (C=O) groups is 1. The molecule has 122 valence electrons. The molecule has 0 atom stereocenters. The Kier molecular flexibility index (Phi) is 6.78. The molecular weight excluding hydrogens is 288 g/mol. The molecule has 4 nitrogen and oxygen atoms in total. The number of amides is 1. The average molecular weight is 312 g/mol. The summed E-state index contributed by atoms with van der Waals surface area (Å²) in [7, 11) is 1.64. The second kappa shape index (κ2) is 9.08. The minimum atomic E-state index is -0.0120. The molecule has 1 amide bonds. The van der Waals surface area contributed by atoms with Crippen LogP contribution in [0, 0.1) is 6.92 Å². The summed E-state index contributed by atoms with van der Waals surface area (Å²) >= 11 is 0. The first kappa shape index (κ1) is 17.2. The van der Waals surface area contributed by atoms with Gasteiger partial charge >= 0.3 is 0 Å². The molecule has 0 heterocycles. The number of ether oxygens (including phenoxy) is 1. The highest BCUT2D eigenvalue weighted by Crippen LogP contribution is 2.21. The Morgan fingerprint density at radius 1 is 1.09 bits per heavy atom. The summed E-state index contributed by atoms with van der Waals surface area (Å²) in [5.41, 5.74) is 4.69. The van der Waals surface area contributed by atoms with Crippen molar-refractivity contribution in [2.24, 2.45) is 0 Å². The van der Waals surface area contributed by atoms with E-state index in [1.807, 2.05) is 12.1 Å². The standard InChI is InChI=1S/C19H24N2O2/c1-15-5-3-7-17(11-15)18-8-4-6-16(12-18)13-21-19(22)14-20-9-10-23-2/h3-8,11-12,20H,9-10,13-14H2,1-2H3,(H,21,22). The van der Waals surface area contributed by atoms with Crippen molar-refractivity contribution in [3.63, 3.8) is 0 Å². The summed E-state index contributed by atoms with van der Waals surface area (Å²) in [6.45, 7) is 4.20. The second-order valence-corrected chi connectivity index (χ2v) is 5.52. The minimum Gasteiger partial charge on any atom is -0.383 e. The SMILES string of the molecule is COCCNCC(=O)NCc1cccc(-c2cccc(C)c2)c1. The summed E-state index contributed by atoms with van der Waals surface area (Å²) in [5, 5.41) is 5.95. The van der Waals surface area contributed by atoms with Gasteiger partial charge in [0.15, 0.2) is 0 Å². The van der Waals surface area contributed by atoms with E-state index in [2.05, 4.69) is 54.0 Å². The topological polar surface area (TPSA) is 50.4 Å². The lowest BCUT2D eigenvalue weighted by Gasteiger charge is -2.09. The highest BCUT2D eigenvalue weighted by Gasteiger charge is 2.03. The van der Waals surface area contributed by atoms with Gasteiger partial charge in [0.2, 0.25) is 5.91 Å². The molecule has 23 heavy (non-hydrogen) atoms. The highest BCUT2D eigenvalue weighted by atomic mass is 16.5. The van der Waals surface area contributed by atoms with Crippen LogP contribution in [0.5, 0.6) is 0 Å². The summed E-state index contributed by atoms with van der Waals surface area (Å²) in [4.78, 5) is 11.8. The fourth-order valence-electron chi connectivity index (χ4n) is 2.32. The molecule has 2 aromatic rings. The van der Waals surface area contributed by atoms with Gasteiger partial charge in [-0.3, -0.25) is 4.79 Å². The van der Waals surface area contributed by atoms with E-state index in [4.69, 9.17) is 4.74 Å². The Morgan fingerprint density at radius 2 is 1.83 bits per heavy atom. The second-order valence-electron chi connectivity index (χ2n) is 5.52. The van der Waals surface area contributed by atoms with Gasteiger partial charge in [-0.25, -0.2) is 0 Å². The predicted octanol–water partition coefficient (Wildman–Crippen LogP) is 2.51. The number of hydrogen-bond donors (Lipinski definition) is 2. The van der Waals surface area contributed by atoms with Gasteiger partial charge in [-0.05, 0) is 29.7 Å². The van der Waals surface area contributed by atoms with Crippen molar-refractivity contribution in [1.29, 1.82) is 0 Å². The van der Waals surface area contributed by atoms with E-state index >= 15 is 0 Å². The monoisotopic (exact) mass is 312 g/mol. The third-order valence-electron chi connectivity index (χ3n) is 3.54. The Balaban J connectivity index is 1.89. The molecule has 0 spiro atoms. The smallest absolute Gasteiger partial charge is 0.234 e. The summed E-state index contributed by atoms with van der Waals surface area (Å²) in [6, 6.07) is 16.7. The molecule has 0 fully saturated rings. The lowest BCUT2D eigenvalue weighted by Crippen LogP contribution is -2.34. The van der Waals surface area contributed by atoms with Crippen molar-refractivity contribution in [1.82, 2.24) is 10.6 Å². The molecule has 0 aromatic heterocycles. The van der Waals surface area contributed by atoms with Crippen LogP contribution in [-0.2, 0) is 16.1 Å². The fourth-order valence-corrected chi connectivity index (χ4v) is 2.32. The van der Waals surface area contributed by atoms with E-state index < -0.39 is 0 Å². The van der Waals surface area contributed by atoms with E-state index in [0.29, 0.717) is 26.2 Å². The first-order valence-corrected chi connectivity index (χ1v) is 7.81. The van der Waals surface area contributed by atoms with Crippen molar-refractivity contribution >= 4 is 5.91 Å². The zero-order valence-corrected chi connectivity index (χ0v) is 13.8. The lowest BCUT2D eigenvalue weighted by atomic mass is 10.0. The Hall–Kier alpha value is -2.17. The number of aryl methyl sites for hydroxylation is 1. The summed E-state index contributed by atoms with van der Waals surface area (Å²) < 4.78 is 4.92. The highest BCUT2D eigenvalue weighted by molar-refractivity contribution is 5.78. The van der Waals surface area contributed by atoms with Gasteiger partial charge in [0, 0.05) is 20.2 Å². The Labute approximate surface area is 137 Å². The van der Waals surface area contributed by atoms with Crippen molar-refractivity contribution in [3.05, 3.63) is 59.7 Å². The van der Waals surface area contributed by atoms with Gasteiger partial charge in [-0.15, -0.1) is 0 Å². The Morgan fingerprint density at radius 3 is 2.57 bits per heavy atom. The van der Waals surface area contributed by atoms with E-state index in [1.54, 1.807) is 7.11 Å².